The Labute approximate surface area is 127 Å². The van der Waals surface area contributed by atoms with Gasteiger partial charge in [0.05, 0.1) is 11.2 Å². The number of rotatable bonds is 2. The number of benzene rings is 2. The van der Waals surface area contributed by atoms with Gasteiger partial charge in [-0.1, -0.05) is 18.2 Å². The molecule has 0 aliphatic rings. The summed E-state index contributed by atoms with van der Waals surface area (Å²) in [5, 5.41) is 3.83. The summed E-state index contributed by atoms with van der Waals surface area (Å²) in [7, 11) is 0. The maximum atomic E-state index is 13.4. The molecule has 22 heavy (non-hydrogen) atoms. The molecule has 0 bridgehead atoms. The number of carbonyl (C=O) groups excluding carboxylic acids is 1. The van der Waals surface area contributed by atoms with Crippen LogP contribution in [0.2, 0.25) is 0 Å². The molecule has 0 saturated heterocycles. The van der Waals surface area contributed by atoms with Crippen molar-refractivity contribution in [3.8, 4) is 0 Å². The van der Waals surface area contributed by atoms with Crippen LogP contribution in [0.1, 0.15) is 21.5 Å². The number of aryl methyl sites for hydroxylation is 2. The summed E-state index contributed by atoms with van der Waals surface area (Å²) >= 11 is 0. The van der Waals surface area contributed by atoms with Crippen molar-refractivity contribution >= 4 is 22.5 Å². The van der Waals surface area contributed by atoms with Crippen LogP contribution < -0.4 is 5.32 Å². The summed E-state index contributed by atoms with van der Waals surface area (Å²) in [6.07, 6.45) is 1.69. The summed E-state index contributed by atoms with van der Waals surface area (Å²) in [6, 6.07) is 12.1. The Morgan fingerprint density at radius 3 is 2.50 bits per heavy atom. The maximum Gasteiger partial charge on any atom is 0.256 e. The van der Waals surface area contributed by atoms with Crippen LogP contribution >= 0.6 is 0 Å². The Bertz CT molecular complexity index is 846. The standard InChI is InChI=1S/C18H15FN2O/c1-11-9-14(19)10-12(2)16(11)18(22)21-15-7-3-5-13-6-4-8-20-17(13)15/h3-10H,1-2H3,(H,21,22). The van der Waals surface area contributed by atoms with Crippen LogP contribution in [0.5, 0.6) is 0 Å². The van der Waals surface area contributed by atoms with Gasteiger partial charge in [-0.05, 0) is 49.2 Å². The van der Waals surface area contributed by atoms with E-state index in [0.29, 0.717) is 22.4 Å². The second kappa shape index (κ2) is 5.56. The Balaban J connectivity index is 2.01. The molecule has 0 fully saturated rings. The normalized spacial score (nSPS) is 10.7. The van der Waals surface area contributed by atoms with Crippen molar-refractivity contribution in [2.45, 2.75) is 13.8 Å². The third-order valence-electron chi connectivity index (χ3n) is 3.61. The number of anilines is 1. The molecule has 3 aromatic rings. The summed E-state index contributed by atoms with van der Waals surface area (Å²) in [5.41, 5.74) is 3.10. The number of nitrogens with zero attached hydrogens (tertiary/aromatic N) is 1. The van der Waals surface area contributed by atoms with Crippen molar-refractivity contribution in [3.05, 3.63) is 71.2 Å². The van der Waals surface area contributed by atoms with E-state index in [2.05, 4.69) is 10.3 Å². The highest BCUT2D eigenvalue weighted by Crippen LogP contribution is 2.23. The quantitative estimate of drug-likeness (QED) is 0.768. The average Bonchev–Trinajstić information content (AvgIpc) is 2.46. The van der Waals surface area contributed by atoms with E-state index in [9.17, 15) is 9.18 Å². The number of nitrogens with one attached hydrogen (secondary N) is 1. The number of hydrogen-bond donors (Lipinski definition) is 1. The van der Waals surface area contributed by atoms with Crippen molar-refractivity contribution in [1.82, 2.24) is 4.98 Å². The number of amides is 1. The molecule has 0 unspecified atom stereocenters. The fraction of sp³-hybridized carbons (Fsp3) is 0.111. The van der Waals surface area contributed by atoms with Crippen LogP contribution in [0.3, 0.4) is 0 Å². The van der Waals surface area contributed by atoms with Gasteiger partial charge in [0, 0.05) is 17.1 Å². The van der Waals surface area contributed by atoms with Crippen molar-refractivity contribution in [2.24, 2.45) is 0 Å². The maximum absolute atomic E-state index is 13.4. The smallest absolute Gasteiger partial charge is 0.256 e. The van der Waals surface area contributed by atoms with E-state index in [0.717, 1.165) is 10.9 Å². The number of halogens is 1. The topological polar surface area (TPSA) is 42.0 Å². The second-order valence-corrected chi connectivity index (χ2v) is 5.25. The van der Waals surface area contributed by atoms with E-state index in [-0.39, 0.29) is 11.7 Å². The van der Waals surface area contributed by atoms with Crippen LogP contribution in [-0.4, -0.2) is 10.9 Å². The van der Waals surface area contributed by atoms with Crippen molar-refractivity contribution in [3.63, 3.8) is 0 Å². The SMILES string of the molecule is Cc1cc(F)cc(C)c1C(=O)Nc1cccc2cccnc12. The molecule has 0 aliphatic heterocycles. The molecule has 0 spiro atoms. The molecule has 1 N–H and O–H groups in total. The summed E-state index contributed by atoms with van der Waals surface area (Å²) in [4.78, 5) is 16.9. The van der Waals surface area contributed by atoms with Crippen LogP contribution in [-0.2, 0) is 0 Å². The number of aromatic nitrogens is 1. The highest BCUT2D eigenvalue weighted by molar-refractivity contribution is 6.09. The van der Waals surface area contributed by atoms with Gasteiger partial charge in [0.25, 0.3) is 5.91 Å². The van der Waals surface area contributed by atoms with Crippen molar-refractivity contribution in [1.29, 1.82) is 0 Å². The Hall–Kier alpha value is -2.75. The fourth-order valence-electron chi connectivity index (χ4n) is 2.66. The molecule has 1 heterocycles. The Morgan fingerprint density at radius 1 is 1.09 bits per heavy atom. The summed E-state index contributed by atoms with van der Waals surface area (Å²) in [6.45, 7) is 3.46. The highest BCUT2D eigenvalue weighted by Gasteiger charge is 2.15. The van der Waals surface area contributed by atoms with Gasteiger partial charge in [-0.2, -0.15) is 0 Å². The lowest BCUT2D eigenvalue weighted by Crippen LogP contribution is -2.15. The zero-order valence-electron chi connectivity index (χ0n) is 12.4. The minimum Gasteiger partial charge on any atom is -0.320 e. The van der Waals surface area contributed by atoms with E-state index >= 15 is 0 Å². The van der Waals surface area contributed by atoms with E-state index in [1.165, 1.54) is 12.1 Å². The van der Waals surface area contributed by atoms with Crippen LogP contribution in [0.4, 0.5) is 10.1 Å². The minimum absolute atomic E-state index is 0.256. The fourth-order valence-corrected chi connectivity index (χ4v) is 2.66. The van der Waals surface area contributed by atoms with Gasteiger partial charge in [-0.15, -0.1) is 0 Å². The summed E-state index contributed by atoms with van der Waals surface area (Å²) in [5.74, 6) is -0.591. The number of hydrogen-bond acceptors (Lipinski definition) is 2. The Kier molecular flexibility index (Phi) is 3.59. The first-order valence-corrected chi connectivity index (χ1v) is 6.98. The zero-order valence-corrected chi connectivity index (χ0v) is 12.4. The molecule has 0 radical (unpaired) electrons. The third kappa shape index (κ3) is 2.55. The lowest BCUT2D eigenvalue weighted by atomic mass is 10.0. The van der Waals surface area contributed by atoms with Crippen LogP contribution in [0.25, 0.3) is 10.9 Å². The van der Waals surface area contributed by atoms with Gasteiger partial charge >= 0.3 is 0 Å². The summed E-state index contributed by atoms with van der Waals surface area (Å²) < 4.78 is 13.4. The number of fused-ring (bicyclic) bond motifs is 1. The molecular formula is C18H15FN2O. The predicted molar refractivity (Wildman–Crippen MR) is 85.6 cm³/mol. The lowest BCUT2D eigenvalue weighted by molar-refractivity contribution is 0.102. The van der Waals surface area contributed by atoms with E-state index in [1.807, 2.05) is 24.3 Å². The molecule has 3 rings (SSSR count). The molecule has 110 valence electrons. The van der Waals surface area contributed by atoms with Crippen LogP contribution in [0.15, 0.2) is 48.7 Å². The Morgan fingerprint density at radius 2 is 1.77 bits per heavy atom. The molecule has 0 saturated carbocycles. The molecule has 4 heteroatoms. The molecule has 0 atom stereocenters. The number of carbonyl (C=O) groups is 1. The molecule has 1 amide bonds. The van der Waals surface area contributed by atoms with Crippen LogP contribution in [0, 0.1) is 19.7 Å². The first-order chi connectivity index (χ1) is 10.6. The van der Waals surface area contributed by atoms with Gasteiger partial charge in [-0.3, -0.25) is 9.78 Å². The van der Waals surface area contributed by atoms with Gasteiger partial charge < -0.3 is 5.32 Å². The molecule has 1 aromatic heterocycles. The van der Waals surface area contributed by atoms with E-state index in [1.54, 1.807) is 26.1 Å². The predicted octanol–water partition coefficient (Wildman–Crippen LogP) is 4.24. The second-order valence-electron chi connectivity index (χ2n) is 5.25. The molecule has 3 nitrogen and oxygen atoms in total. The molecular weight excluding hydrogens is 279 g/mol. The molecule has 2 aromatic carbocycles. The van der Waals surface area contributed by atoms with Gasteiger partial charge in [0.1, 0.15) is 5.82 Å². The van der Waals surface area contributed by atoms with E-state index < -0.39 is 0 Å². The highest BCUT2D eigenvalue weighted by atomic mass is 19.1. The first-order valence-electron chi connectivity index (χ1n) is 6.98. The third-order valence-corrected chi connectivity index (χ3v) is 3.61. The molecule has 0 aliphatic carbocycles. The number of para-hydroxylation sites is 1. The largest absolute Gasteiger partial charge is 0.320 e. The average molecular weight is 294 g/mol. The first kappa shape index (κ1) is 14.2. The zero-order chi connectivity index (χ0) is 15.7. The van der Waals surface area contributed by atoms with Gasteiger partial charge in [0.2, 0.25) is 0 Å². The van der Waals surface area contributed by atoms with Crippen molar-refractivity contribution < 1.29 is 9.18 Å². The minimum atomic E-state index is -0.335. The monoisotopic (exact) mass is 294 g/mol. The number of pyridine rings is 1. The van der Waals surface area contributed by atoms with Gasteiger partial charge in [0.15, 0.2) is 0 Å². The van der Waals surface area contributed by atoms with Crippen molar-refractivity contribution in [2.75, 3.05) is 5.32 Å². The van der Waals surface area contributed by atoms with E-state index in [4.69, 9.17) is 0 Å². The van der Waals surface area contributed by atoms with Gasteiger partial charge in [-0.25, -0.2) is 4.39 Å². The lowest BCUT2D eigenvalue weighted by Gasteiger charge is -2.12.